The van der Waals surface area contributed by atoms with E-state index in [1.165, 1.54) is 10.9 Å². The van der Waals surface area contributed by atoms with Crippen molar-refractivity contribution in [3.63, 3.8) is 0 Å². The normalized spacial score (nSPS) is 20.9. The number of amides is 1. The number of hydrogen-bond donors (Lipinski definition) is 3. The summed E-state index contributed by atoms with van der Waals surface area (Å²) < 4.78 is 9.38. The van der Waals surface area contributed by atoms with E-state index in [1.54, 1.807) is 6.20 Å². The molecule has 0 aromatic carbocycles. The predicted octanol–water partition coefficient (Wildman–Crippen LogP) is 2.48. The third kappa shape index (κ3) is 2.61. The smallest absolute Gasteiger partial charge is 0.328 e. The second-order valence-corrected chi connectivity index (χ2v) is 7.62. The second-order valence-electron chi connectivity index (χ2n) is 7.62. The summed E-state index contributed by atoms with van der Waals surface area (Å²) in [7, 11) is 1.82. The minimum Gasteiger partial charge on any atom is -0.386 e. The first-order chi connectivity index (χ1) is 14.7. The second kappa shape index (κ2) is 6.42. The molecule has 1 amide bonds. The Bertz CT molecular complexity index is 1290. The molecule has 30 heavy (non-hydrogen) atoms. The molecule has 1 fully saturated rings. The lowest BCUT2D eigenvalue weighted by Gasteiger charge is -2.36. The number of nitrogens with one attached hydrogen (secondary N) is 3. The highest BCUT2D eigenvalue weighted by Crippen LogP contribution is 2.29. The number of imidazole rings is 1. The molecule has 0 spiro atoms. The van der Waals surface area contributed by atoms with E-state index in [2.05, 4.69) is 37.1 Å². The lowest BCUT2D eigenvalue weighted by atomic mass is 9.89. The first-order valence-electron chi connectivity index (χ1n) is 9.91. The minimum atomic E-state index is -0.257. The van der Waals surface area contributed by atoms with Crippen LogP contribution in [0.5, 0.6) is 0 Å². The van der Waals surface area contributed by atoms with Crippen molar-refractivity contribution in [1.82, 2.24) is 29.5 Å². The minimum absolute atomic E-state index is 0.0133. The van der Waals surface area contributed by atoms with Crippen LogP contribution in [0.1, 0.15) is 18.4 Å². The summed E-state index contributed by atoms with van der Waals surface area (Å²) in [5.41, 5.74) is 3.87. The van der Waals surface area contributed by atoms with E-state index in [-0.39, 0.29) is 18.2 Å². The molecule has 2 atom stereocenters. The number of fused-ring (bicyclic) bond motifs is 6. The van der Waals surface area contributed by atoms with Gasteiger partial charge in [0, 0.05) is 13.1 Å². The van der Waals surface area contributed by atoms with E-state index in [0.717, 1.165) is 35.4 Å². The van der Waals surface area contributed by atoms with Crippen LogP contribution in [-0.2, 0) is 11.3 Å². The van der Waals surface area contributed by atoms with Crippen LogP contribution in [0.4, 0.5) is 22.1 Å². The third-order valence-corrected chi connectivity index (χ3v) is 5.79. The molecule has 152 valence electrons. The van der Waals surface area contributed by atoms with Gasteiger partial charge in [-0.3, -0.25) is 0 Å². The molecular weight excluding hydrogens is 384 g/mol. The summed E-state index contributed by atoms with van der Waals surface area (Å²) in [5, 5.41) is 14.0. The highest BCUT2D eigenvalue weighted by atomic mass is 16.5. The summed E-state index contributed by atoms with van der Waals surface area (Å²) in [5.74, 6) is 1.34. The number of aromatic nitrogens is 5. The Morgan fingerprint density at radius 2 is 2.20 bits per heavy atom. The van der Waals surface area contributed by atoms with E-state index in [9.17, 15) is 4.79 Å². The Kier molecular flexibility index (Phi) is 3.69. The molecule has 5 heterocycles. The van der Waals surface area contributed by atoms with E-state index < -0.39 is 0 Å². The van der Waals surface area contributed by atoms with Crippen molar-refractivity contribution in [3.05, 3.63) is 42.4 Å². The first kappa shape index (κ1) is 17.2. The van der Waals surface area contributed by atoms with Gasteiger partial charge in [-0.15, -0.1) is 0 Å². The molecule has 10 nitrogen and oxygen atoms in total. The Hall–Kier alpha value is -3.66. The molecular formula is C20H20N8O2. The summed E-state index contributed by atoms with van der Waals surface area (Å²) in [6.45, 7) is 0.456. The number of rotatable bonds is 1. The molecule has 4 aromatic heterocycles. The van der Waals surface area contributed by atoms with Gasteiger partial charge >= 0.3 is 6.03 Å². The van der Waals surface area contributed by atoms with Crippen LogP contribution in [0.15, 0.2) is 36.8 Å². The lowest BCUT2D eigenvalue weighted by molar-refractivity contribution is -0.0323. The zero-order chi connectivity index (χ0) is 20.2. The molecule has 10 heteroatoms. The topological polar surface area (TPSA) is 110 Å². The van der Waals surface area contributed by atoms with Crippen LogP contribution in [0.3, 0.4) is 0 Å². The fraction of sp³-hybridized carbons (Fsp3) is 0.300. The van der Waals surface area contributed by atoms with Gasteiger partial charge in [-0.25, -0.2) is 23.8 Å². The molecule has 6 rings (SSSR count). The van der Waals surface area contributed by atoms with Crippen molar-refractivity contribution in [3.8, 4) is 0 Å². The Morgan fingerprint density at radius 1 is 1.27 bits per heavy atom. The third-order valence-electron chi connectivity index (χ3n) is 5.79. The number of hydrogen-bond acceptors (Lipinski definition) is 7. The summed E-state index contributed by atoms with van der Waals surface area (Å²) >= 11 is 0. The lowest BCUT2D eigenvalue weighted by Crippen LogP contribution is -2.52. The standard InChI is InChI=1S/C20H20N8O2/c1-21-14-8-16-25-17-7-11(6-12-4-5-23-28(12)17)9-30-15-3-2-13(15)24-20(29)27-10-22-18(14)19(27)26-16/h4-8,10,13,15H,2-3,9H2,1H3,(H,24,29)(H2,21,25,26)/t13-,15-/m1/s1. The van der Waals surface area contributed by atoms with Crippen molar-refractivity contribution in [2.45, 2.75) is 31.6 Å². The highest BCUT2D eigenvalue weighted by molar-refractivity contribution is 5.94. The number of carbonyl (C=O) groups is 1. The summed E-state index contributed by atoms with van der Waals surface area (Å²) in [4.78, 5) is 22.0. The maximum Gasteiger partial charge on any atom is 0.328 e. The van der Waals surface area contributed by atoms with Gasteiger partial charge in [-0.2, -0.15) is 5.10 Å². The van der Waals surface area contributed by atoms with Crippen LogP contribution < -0.4 is 16.0 Å². The predicted molar refractivity (Wildman–Crippen MR) is 111 cm³/mol. The van der Waals surface area contributed by atoms with Gasteiger partial charge in [0.2, 0.25) is 0 Å². The highest BCUT2D eigenvalue weighted by Gasteiger charge is 2.34. The van der Waals surface area contributed by atoms with Crippen LogP contribution in [-0.4, -0.2) is 49.4 Å². The van der Waals surface area contributed by atoms with Gasteiger partial charge in [0.05, 0.1) is 36.2 Å². The van der Waals surface area contributed by atoms with Gasteiger partial charge in [0.1, 0.15) is 23.5 Å². The van der Waals surface area contributed by atoms with Gasteiger partial charge in [0.15, 0.2) is 5.65 Å². The van der Waals surface area contributed by atoms with Crippen molar-refractivity contribution >= 4 is 40.0 Å². The molecule has 4 aromatic rings. The first-order valence-corrected chi connectivity index (χ1v) is 9.91. The molecule has 3 N–H and O–H groups in total. The number of ether oxygens (including phenoxy) is 1. The number of pyridine rings is 2. The zero-order valence-corrected chi connectivity index (χ0v) is 16.3. The van der Waals surface area contributed by atoms with Gasteiger partial charge in [-0.05, 0) is 36.6 Å². The van der Waals surface area contributed by atoms with E-state index >= 15 is 0 Å². The SMILES string of the molecule is CNc1cc2nc3c1ncn3C(=O)N[C@@H]1CC[C@H]1OCc1cc(n3nccc3c1)N2. The largest absolute Gasteiger partial charge is 0.386 e. The van der Waals surface area contributed by atoms with E-state index in [0.29, 0.717) is 23.6 Å². The van der Waals surface area contributed by atoms with Crippen molar-refractivity contribution in [2.24, 2.45) is 0 Å². The van der Waals surface area contributed by atoms with Crippen molar-refractivity contribution in [2.75, 3.05) is 17.7 Å². The van der Waals surface area contributed by atoms with Gasteiger partial charge in [-0.1, -0.05) is 0 Å². The molecule has 0 radical (unpaired) electrons. The van der Waals surface area contributed by atoms with Crippen LogP contribution in [0.2, 0.25) is 0 Å². The van der Waals surface area contributed by atoms with E-state index in [4.69, 9.17) is 4.74 Å². The molecule has 2 aliphatic rings. The molecule has 1 saturated carbocycles. The average Bonchev–Trinajstić information content (AvgIpc) is 3.37. The van der Waals surface area contributed by atoms with Gasteiger partial charge < -0.3 is 20.7 Å². The monoisotopic (exact) mass is 404 g/mol. The summed E-state index contributed by atoms with van der Waals surface area (Å²) in [6, 6.07) is 7.61. The van der Waals surface area contributed by atoms with Crippen LogP contribution >= 0.6 is 0 Å². The van der Waals surface area contributed by atoms with Crippen LogP contribution in [0.25, 0.3) is 16.7 Å². The maximum absolute atomic E-state index is 12.9. The van der Waals surface area contributed by atoms with Crippen molar-refractivity contribution in [1.29, 1.82) is 0 Å². The molecule has 4 bridgehead atoms. The summed E-state index contributed by atoms with van der Waals surface area (Å²) in [6.07, 6.45) is 5.05. The van der Waals surface area contributed by atoms with Crippen LogP contribution in [0, 0.1) is 0 Å². The molecule has 1 aliphatic heterocycles. The molecule has 0 unspecified atom stereocenters. The Morgan fingerprint density at radius 3 is 3.03 bits per heavy atom. The average molecular weight is 404 g/mol. The number of carbonyl (C=O) groups excluding carboxylic acids is 1. The number of nitrogens with zero attached hydrogens (tertiary/aromatic N) is 5. The van der Waals surface area contributed by atoms with Gasteiger partial charge in [0.25, 0.3) is 0 Å². The molecule has 0 saturated heterocycles. The Balaban J connectivity index is 1.55. The molecule has 1 aliphatic carbocycles. The quantitative estimate of drug-likeness (QED) is 0.447. The fourth-order valence-corrected chi connectivity index (χ4v) is 4.06. The van der Waals surface area contributed by atoms with E-state index in [1.807, 2.05) is 29.8 Å². The maximum atomic E-state index is 12.9. The van der Waals surface area contributed by atoms with Crippen molar-refractivity contribution < 1.29 is 9.53 Å². The fourth-order valence-electron chi connectivity index (χ4n) is 4.06. The number of anilines is 3. The zero-order valence-electron chi connectivity index (χ0n) is 16.3. The Labute approximate surface area is 171 Å².